The number of nitrogens with zero attached hydrogens (tertiary/aromatic N) is 4. The second kappa shape index (κ2) is 7.01. The minimum atomic E-state index is 0.00958. The van der Waals surface area contributed by atoms with Crippen LogP contribution in [0.25, 0.3) is 0 Å². The molecular formula is C17H28N4O2. The lowest BCUT2D eigenvalue weighted by Crippen LogP contribution is -2.51. The maximum Gasteiger partial charge on any atom is 0.276 e. The van der Waals surface area contributed by atoms with Crippen molar-refractivity contribution in [3.8, 4) is 0 Å². The Morgan fingerprint density at radius 1 is 1.30 bits per heavy atom. The second-order valence-corrected chi connectivity index (χ2v) is 6.93. The van der Waals surface area contributed by atoms with Crippen LogP contribution in [-0.4, -0.2) is 77.6 Å². The Hall–Kier alpha value is -1.40. The number of rotatable bonds is 4. The molecule has 6 nitrogen and oxygen atoms in total. The maximum absolute atomic E-state index is 12.6. The molecule has 23 heavy (non-hydrogen) atoms. The summed E-state index contributed by atoms with van der Waals surface area (Å²) in [5, 5.41) is 3.95. The summed E-state index contributed by atoms with van der Waals surface area (Å²) in [5.41, 5.74) is 0.449. The fourth-order valence-corrected chi connectivity index (χ4v) is 3.49. The van der Waals surface area contributed by atoms with E-state index in [9.17, 15) is 4.79 Å². The Labute approximate surface area is 138 Å². The van der Waals surface area contributed by atoms with Gasteiger partial charge < -0.3 is 14.3 Å². The minimum absolute atomic E-state index is 0.00958. The van der Waals surface area contributed by atoms with Crippen molar-refractivity contribution in [2.24, 2.45) is 0 Å². The monoisotopic (exact) mass is 320 g/mol. The van der Waals surface area contributed by atoms with E-state index in [1.165, 1.54) is 0 Å². The zero-order valence-electron chi connectivity index (χ0n) is 14.5. The molecule has 2 fully saturated rings. The summed E-state index contributed by atoms with van der Waals surface area (Å²) in [7, 11) is 0. The zero-order valence-corrected chi connectivity index (χ0v) is 14.5. The van der Waals surface area contributed by atoms with Crippen LogP contribution in [0, 0.1) is 0 Å². The third-order valence-electron chi connectivity index (χ3n) is 5.14. The Bertz CT molecular complexity index is 534. The highest BCUT2D eigenvalue weighted by Gasteiger charge is 2.33. The summed E-state index contributed by atoms with van der Waals surface area (Å²) in [5.74, 6) is 1.04. The summed E-state index contributed by atoms with van der Waals surface area (Å²) < 4.78 is 5.26. The number of carbonyl (C=O) groups is 1. The summed E-state index contributed by atoms with van der Waals surface area (Å²) in [6, 6.07) is 2.29. The molecule has 0 saturated carbocycles. The SMILES string of the molecule is CCN1CCN(C2CCN(C(=O)c3cc(C(C)C)on3)C2)CC1. The van der Waals surface area contributed by atoms with Crippen LogP contribution < -0.4 is 0 Å². The number of piperazine rings is 1. The Morgan fingerprint density at radius 3 is 2.65 bits per heavy atom. The standard InChI is InChI=1S/C17H28N4O2/c1-4-19-7-9-20(10-8-19)14-5-6-21(12-14)17(22)15-11-16(13(2)3)23-18-15/h11,13-14H,4-10,12H2,1-3H3. The molecule has 2 saturated heterocycles. The van der Waals surface area contributed by atoms with E-state index in [1.807, 2.05) is 18.7 Å². The number of amides is 1. The van der Waals surface area contributed by atoms with Gasteiger partial charge in [0.2, 0.25) is 0 Å². The van der Waals surface area contributed by atoms with Crippen LogP contribution in [0.5, 0.6) is 0 Å². The molecule has 6 heteroatoms. The van der Waals surface area contributed by atoms with Gasteiger partial charge in [0.25, 0.3) is 5.91 Å². The third kappa shape index (κ3) is 3.58. The quantitative estimate of drug-likeness (QED) is 0.844. The lowest BCUT2D eigenvalue weighted by atomic mass is 10.1. The molecule has 1 amide bonds. The van der Waals surface area contributed by atoms with Crippen molar-refractivity contribution in [3.05, 3.63) is 17.5 Å². The van der Waals surface area contributed by atoms with Gasteiger partial charge in [-0.15, -0.1) is 0 Å². The van der Waals surface area contributed by atoms with E-state index in [1.54, 1.807) is 6.07 Å². The van der Waals surface area contributed by atoms with Crippen molar-refractivity contribution in [3.63, 3.8) is 0 Å². The predicted octanol–water partition coefficient (Wildman–Crippen LogP) is 1.65. The van der Waals surface area contributed by atoms with Crippen molar-refractivity contribution in [2.45, 2.75) is 39.2 Å². The van der Waals surface area contributed by atoms with Crippen LogP contribution in [0.1, 0.15) is 49.4 Å². The molecule has 0 aliphatic carbocycles. The van der Waals surface area contributed by atoms with Crippen LogP contribution >= 0.6 is 0 Å². The van der Waals surface area contributed by atoms with Crippen molar-refractivity contribution in [2.75, 3.05) is 45.8 Å². The Kier molecular flexibility index (Phi) is 5.02. The summed E-state index contributed by atoms with van der Waals surface area (Å²) in [6.07, 6.45) is 1.06. The number of hydrogen-bond donors (Lipinski definition) is 0. The first kappa shape index (κ1) is 16.5. The van der Waals surface area contributed by atoms with Crippen LogP contribution in [0.3, 0.4) is 0 Å². The van der Waals surface area contributed by atoms with Gasteiger partial charge in [-0.25, -0.2) is 0 Å². The van der Waals surface area contributed by atoms with E-state index in [0.29, 0.717) is 11.7 Å². The zero-order chi connectivity index (χ0) is 16.4. The average Bonchev–Trinajstić information content (AvgIpc) is 3.24. The third-order valence-corrected chi connectivity index (χ3v) is 5.14. The van der Waals surface area contributed by atoms with Gasteiger partial charge in [-0.2, -0.15) is 0 Å². The molecule has 3 rings (SSSR count). The van der Waals surface area contributed by atoms with Gasteiger partial charge in [0.1, 0.15) is 5.76 Å². The molecule has 0 bridgehead atoms. The smallest absolute Gasteiger partial charge is 0.276 e. The van der Waals surface area contributed by atoms with Gasteiger partial charge in [-0.05, 0) is 13.0 Å². The van der Waals surface area contributed by atoms with Gasteiger partial charge in [-0.1, -0.05) is 25.9 Å². The lowest BCUT2D eigenvalue weighted by molar-refractivity contribution is 0.0736. The van der Waals surface area contributed by atoms with Gasteiger partial charge in [0.15, 0.2) is 5.69 Å². The molecule has 1 aromatic heterocycles. The van der Waals surface area contributed by atoms with Crippen molar-refractivity contribution < 1.29 is 9.32 Å². The highest BCUT2D eigenvalue weighted by Crippen LogP contribution is 2.21. The Balaban J connectivity index is 1.55. The summed E-state index contributed by atoms with van der Waals surface area (Å²) >= 11 is 0. The predicted molar refractivity (Wildman–Crippen MR) is 88.6 cm³/mol. The molecule has 0 aromatic carbocycles. The van der Waals surface area contributed by atoms with E-state index < -0.39 is 0 Å². The highest BCUT2D eigenvalue weighted by molar-refractivity contribution is 5.92. The fourth-order valence-electron chi connectivity index (χ4n) is 3.49. The van der Waals surface area contributed by atoms with Crippen LogP contribution in [0.15, 0.2) is 10.6 Å². The topological polar surface area (TPSA) is 52.8 Å². The van der Waals surface area contributed by atoms with E-state index in [2.05, 4.69) is 21.9 Å². The number of carbonyl (C=O) groups excluding carboxylic acids is 1. The van der Waals surface area contributed by atoms with Gasteiger partial charge in [0.05, 0.1) is 0 Å². The first-order valence-electron chi connectivity index (χ1n) is 8.80. The van der Waals surface area contributed by atoms with Crippen LogP contribution in [0.2, 0.25) is 0 Å². The average molecular weight is 320 g/mol. The van der Waals surface area contributed by atoms with Crippen molar-refractivity contribution in [1.29, 1.82) is 0 Å². The van der Waals surface area contributed by atoms with Crippen molar-refractivity contribution >= 4 is 5.91 Å². The number of likely N-dealkylation sites (tertiary alicyclic amines) is 1. The number of hydrogen-bond acceptors (Lipinski definition) is 5. The number of likely N-dealkylation sites (N-methyl/N-ethyl adjacent to an activating group) is 1. The van der Waals surface area contributed by atoms with Gasteiger partial charge in [-0.3, -0.25) is 9.69 Å². The number of aromatic nitrogens is 1. The molecule has 1 unspecified atom stereocenters. The van der Waals surface area contributed by atoms with E-state index in [0.717, 1.165) is 58.0 Å². The maximum atomic E-state index is 12.6. The summed E-state index contributed by atoms with van der Waals surface area (Å²) in [4.78, 5) is 19.5. The highest BCUT2D eigenvalue weighted by atomic mass is 16.5. The van der Waals surface area contributed by atoms with Crippen molar-refractivity contribution in [1.82, 2.24) is 19.9 Å². The largest absolute Gasteiger partial charge is 0.360 e. The molecule has 2 aliphatic rings. The fraction of sp³-hybridized carbons (Fsp3) is 0.765. The lowest BCUT2D eigenvalue weighted by Gasteiger charge is -2.37. The molecule has 128 valence electrons. The summed E-state index contributed by atoms with van der Waals surface area (Å²) in [6.45, 7) is 13.6. The molecule has 2 aliphatic heterocycles. The molecule has 0 N–H and O–H groups in total. The first-order chi connectivity index (χ1) is 11.1. The van der Waals surface area contributed by atoms with E-state index in [4.69, 9.17) is 4.52 Å². The molecule has 3 heterocycles. The van der Waals surface area contributed by atoms with Gasteiger partial charge in [0, 0.05) is 57.3 Å². The van der Waals surface area contributed by atoms with Crippen LogP contribution in [-0.2, 0) is 0 Å². The molecule has 0 spiro atoms. The Morgan fingerprint density at radius 2 is 2.04 bits per heavy atom. The molecule has 1 aromatic rings. The molecule has 1 atom stereocenters. The van der Waals surface area contributed by atoms with Gasteiger partial charge >= 0.3 is 0 Å². The molecule has 0 radical (unpaired) electrons. The normalized spacial score (nSPS) is 23.8. The second-order valence-electron chi connectivity index (χ2n) is 6.93. The minimum Gasteiger partial charge on any atom is -0.360 e. The van der Waals surface area contributed by atoms with E-state index >= 15 is 0 Å². The first-order valence-corrected chi connectivity index (χ1v) is 8.80. The molecular weight excluding hydrogens is 292 g/mol. The van der Waals surface area contributed by atoms with E-state index in [-0.39, 0.29) is 11.8 Å². The van der Waals surface area contributed by atoms with Crippen LogP contribution in [0.4, 0.5) is 0 Å².